The highest BCUT2D eigenvalue weighted by Crippen LogP contribution is 2.27. The van der Waals surface area contributed by atoms with Gasteiger partial charge in [0.1, 0.15) is 4.90 Å². The molecule has 0 spiro atoms. The molecule has 6 nitrogen and oxygen atoms in total. The predicted octanol–water partition coefficient (Wildman–Crippen LogP) is -0.244. The van der Waals surface area contributed by atoms with E-state index in [1.807, 2.05) is 0 Å². The Morgan fingerprint density at radius 1 is 1.32 bits per heavy atom. The van der Waals surface area contributed by atoms with Crippen LogP contribution in [0.15, 0.2) is 23.1 Å². The average Bonchev–Trinajstić information content (AvgIpc) is 2.48. The van der Waals surface area contributed by atoms with E-state index in [-0.39, 0.29) is 21.9 Å². The first-order valence-corrected chi connectivity index (χ1v) is 9.02. The molecule has 9 heteroatoms. The second kappa shape index (κ2) is 6.72. The number of carbonyl (C=O) groups excluding carboxylic acids is 1. The third kappa shape index (κ3) is 3.55. The number of rotatable bonds is 4. The molecule has 1 fully saturated rings. The fourth-order valence-corrected chi connectivity index (χ4v) is 4.64. The number of sulfonamides is 1. The minimum atomic E-state index is -3.70. The fraction of sp³-hybridized carbons (Fsp3) is 0.462. The Morgan fingerprint density at radius 2 is 1.91 bits per heavy atom. The van der Waals surface area contributed by atoms with Gasteiger partial charge in [0.15, 0.2) is 6.04 Å². The van der Waals surface area contributed by atoms with Crippen LogP contribution in [0.25, 0.3) is 0 Å². The molecule has 1 aromatic carbocycles. The van der Waals surface area contributed by atoms with Crippen LogP contribution in [-0.4, -0.2) is 50.9 Å². The average molecular weight is 367 g/mol. The van der Waals surface area contributed by atoms with Gasteiger partial charge in [-0.1, -0.05) is 23.2 Å². The normalized spacial score (nSPS) is 19.0. The van der Waals surface area contributed by atoms with Gasteiger partial charge in [0.05, 0.1) is 31.2 Å². The van der Waals surface area contributed by atoms with Gasteiger partial charge in [-0.3, -0.25) is 4.79 Å². The molecular weight excluding hydrogens is 349 g/mol. The summed E-state index contributed by atoms with van der Waals surface area (Å²) in [4.78, 5) is 12.2. The van der Waals surface area contributed by atoms with Gasteiger partial charge in [0, 0.05) is 5.02 Å². The molecule has 1 aromatic rings. The number of primary amides is 1. The molecular formula is C13H18Cl2N3O3S+. The number of nitrogens with one attached hydrogen (secondary N) is 1. The summed E-state index contributed by atoms with van der Waals surface area (Å²) in [5.41, 5.74) is 5.29. The van der Waals surface area contributed by atoms with Crippen LogP contribution in [0.1, 0.15) is 6.92 Å². The van der Waals surface area contributed by atoms with E-state index >= 15 is 0 Å². The summed E-state index contributed by atoms with van der Waals surface area (Å²) in [5, 5.41) is 0.458. The van der Waals surface area contributed by atoms with Crippen LogP contribution in [0.2, 0.25) is 10.0 Å². The Kier molecular flexibility index (Phi) is 5.34. The third-order valence-corrected chi connectivity index (χ3v) is 6.53. The van der Waals surface area contributed by atoms with Crippen molar-refractivity contribution in [3.63, 3.8) is 0 Å². The lowest BCUT2D eigenvalue weighted by Gasteiger charge is -2.33. The van der Waals surface area contributed by atoms with Crippen LogP contribution in [-0.2, 0) is 14.8 Å². The number of nitrogens with zero attached hydrogens (tertiary/aromatic N) is 1. The highest BCUT2D eigenvalue weighted by atomic mass is 35.5. The zero-order chi connectivity index (χ0) is 16.5. The fourth-order valence-electron chi connectivity index (χ4n) is 2.46. The smallest absolute Gasteiger partial charge is 0.275 e. The molecule has 0 saturated carbocycles. The summed E-state index contributed by atoms with van der Waals surface area (Å²) in [6.07, 6.45) is 0. The van der Waals surface area contributed by atoms with Gasteiger partial charge < -0.3 is 10.6 Å². The van der Waals surface area contributed by atoms with E-state index in [0.29, 0.717) is 31.2 Å². The van der Waals surface area contributed by atoms with E-state index in [2.05, 4.69) is 0 Å². The lowest BCUT2D eigenvalue weighted by Crippen LogP contribution is -3.19. The van der Waals surface area contributed by atoms with Gasteiger partial charge in [0.25, 0.3) is 5.91 Å². The van der Waals surface area contributed by atoms with Crippen molar-refractivity contribution in [1.82, 2.24) is 4.31 Å². The van der Waals surface area contributed by atoms with Gasteiger partial charge in [-0.2, -0.15) is 4.31 Å². The zero-order valence-corrected chi connectivity index (χ0v) is 14.4. The van der Waals surface area contributed by atoms with Gasteiger partial charge in [-0.05, 0) is 25.1 Å². The molecule has 0 aromatic heterocycles. The number of hydrogen-bond acceptors (Lipinski definition) is 3. The Hall–Kier alpha value is -0.860. The highest BCUT2D eigenvalue weighted by Gasteiger charge is 2.34. The number of nitrogens with two attached hydrogens (primary N) is 1. The van der Waals surface area contributed by atoms with Crippen molar-refractivity contribution in [2.45, 2.75) is 17.9 Å². The third-order valence-electron chi connectivity index (χ3n) is 3.91. The van der Waals surface area contributed by atoms with Crippen molar-refractivity contribution >= 4 is 39.1 Å². The number of quaternary nitrogens is 1. The van der Waals surface area contributed by atoms with Crippen LogP contribution in [0.3, 0.4) is 0 Å². The van der Waals surface area contributed by atoms with Crippen molar-refractivity contribution in [3.05, 3.63) is 28.2 Å². The van der Waals surface area contributed by atoms with Crippen LogP contribution in [0.5, 0.6) is 0 Å². The molecule has 1 aliphatic rings. The zero-order valence-electron chi connectivity index (χ0n) is 12.1. The molecule has 1 atom stereocenters. The molecule has 1 heterocycles. The van der Waals surface area contributed by atoms with Crippen LogP contribution in [0.4, 0.5) is 0 Å². The van der Waals surface area contributed by atoms with Crippen molar-refractivity contribution in [2.75, 3.05) is 26.2 Å². The van der Waals surface area contributed by atoms with Gasteiger partial charge in [-0.15, -0.1) is 0 Å². The van der Waals surface area contributed by atoms with Gasteiger partial charge >= 0.3 is 0 Å². The molecule has 122 valence electrons. The molecule has 0 unspecified atom stereocenters. The quantitative estimate of drug-likeness (QED) is 0.770. The first-order chi connectivity index (χ1) is 10.2. The number of carbonyl (C=O) groups is 1. The molecule has 2 rings (SSSR count). The predicted molar refractivity (Wildman–Crippen MR) is 84.6 cm³/mol. The van der Waals surface area contributed by atoms with E-state index in [1.165, 1.54) is 16.4 Å². The first kappa shape index (κ1) is 17.5. The molecule has 0 bridgehead atoms. The number of hydrogen-bond donors (Lipinski definition) is 2. The summed E-state index contributed by atoms with van der Waals surface area (Å²) in [6.45, 7) is 3.38. The topological polar surface area (TPSA) is 84.9 Å². The number of amides is 1. The number of benzene rings is 1. The molecule has 0 radical (unpaired) electrons. The maximum atomic E-state index is 12.7. The summed E-state index contributed by atoms with van der Waals surface area (Å²) in [7, 11) is -3.70. The maximum Gasteiger partial charge on any atom is 0.275 e. The summed E-state index contributed by atoms with van der Waals surface area (Å²) in [5.74, 6) is -0.385. The molecule has 3 N–H and O–H groups in total. The number of piperazine rings is 1. The van der Waals surface area contributed by atoms with Crippen LogP contribution >= 0.6 is 23.2 Å². The SMILES string of the molecule is C[C@H](C(N)=O)[NH+]1CCN(S(=O)(=O)c2cc(Cl)ccc2Cl)CC1. The Labute approximate surface area is 139 Å². The maximum absolute atomic E-state index is 12.7. The molecule has 1 amide bonds. The molecule has 22 heavy (non-hydrogen) atoms. The molecule has 0 aliphatic carbocycles. The lowest BCUT2D eigenvalue weighted by atomic mass is 10.2. The second-order valence-electron chi connectivity index (χ2n) is 5.26. The van der Waals surface area contributed by atoms with Crippen molar-refractivity contribution in [1.29, 1.82) is 0 Å². The van der Waals surface area contributed by atoms with Gasteiger partial charge in [-0.25, -0.2) is 8.42 Å². The largest absolute Gasteiger partial charge is 0.365 e. The highest BCUT2D eigenvalue weighted by molar-refractivity contribution is 7.89. The van der Waals surface area contributed by atoms with E-state index < -0.39 is 10.0 Å². The Balaban J connectivity index is 2.16. The second-order valence-corrected chi connectivity index (χ2v) is 8.01. The van der Waals surface area contributed by atoms with E-state index in [1.54, 1.807) is 13.0 Å². The molecule has 1 saturated heterocycles. The van der Waals surface area contributed by atoms with E-state index in [9.17, 15) is 13.2 Å². The standard InChI is InChI=1S/C13H17Cl2N3O3S/c1-9(13(16)19)17-4-6-18(7-5-17)22(20,21)12-8-10(14)2-3-11(12)15/h2-3,8-9H,4-7H2,1H3,(H2,16,19)/p+1/t9-/m1/s1. The Morgan fingerprint density at radius 3 is 2.45 bits per heavy atom. The monoisotopic (exact) mass is 366 g/mol. The summed E-state index contributed by atoms with van der Waals surface area (Å²) < 4.78 is 26.7. The van der Waals surface area contributed by atoms with E-state index in [4.69, 9.17) is 28.9 Å². The van der Waals surface area contributed by atoms with Gasteiger partial charge in [0.2, 0.25) is 10.0 Å². The van der Waals surface area contributed by atoms with Crippen LogP contribution in [0, 0.1) is 0 Å². The molecule has 1 aliphatic heterocycles. The summed E-state index contributed by atoms with van der Waals surface area (Å²) >= 11 is 11.9. The Bertz CT molecular complexity index is 673. The van der Waals surface area contributed by atoms with Crippen LogP contribution < -0.4 is 10.6 Å². The van der Waals surface area contributed by atoms with Crippen molar-refractivity contribution < 1.29 is 18.1 Å². The van der Waals surface area contributed by atoms with Crippen molar-refractivity contribution in [3.8, 4) is 0 Å². The summed E-state index contributed by atoms with van der Waals surface area (Å²) in [6, 6.07) is 4.02. The number of halogens is 2. The minimum Gasteiger partial charge on any atom is -0.365 e. The van der Waals surface area contributed by atoms with E-state index in [0.717, 1.165) is 4.90 Å². The lowest BCUT2D eigenvalue weighted by molar-refractivity contribution is -0.917. The van der Waals surface area contributed by atoms with Crippen molar-refractivity contribution in [2.24, 2.45) is 5.73 Å². The first-order valence-electron chi connectivity index (χ1n) is 6.82. The minimum absolute atomic E-state index is 0.00747.